The van der Waals surface area contributed by atoms with Crippen LogP contribution in [0.3, 0.4) is 0 Å². The molecule has 0 saturated heterocycles. The molecule has 0 amide bonds. The second-order valence-corrected chi connectivity index (χ2v) is 5.20. The Hall–Kier alpha value is -0.710. The van der Waals surface area contributed by atoms with Gasteiger partial charge >= 0.3 is 11.9 Å². The normalized spacial score (nSPS) is 14.1. The molecule has 5 heteroatoms. The van der Waals surface area contributed by atoms with Crippen LogP contribution in [0, 0.1) is 5.41 Å². The van der Waals surface area contributed by atoms with Gasteiger partial charge in [0, 0.05) is 0 Å². The van der Waals surface area contributed by atoms with Gasteiger partial charge in [0.2, 0.25) is 0 Å². The third kappa shape index (κ3) is 4.58. The van der Waals surface area contributed by atoms with E-state index in [1.807, 2.05) is 13.8 Å². The van der Waals surface area contributed by atoms with Crippen molar-refractivity contribution >= 4 is 23.7 Å². The molecule has 0 fully saturated rings. The Morgan fingerprint density at radius 1 is 1.24 bits per heavy atom. The molecular weight excluding hydrogens is 240 g/mol. The summed E-state index contributed by atoms with van der Waals surface area (Å²) in [6, 6.07) is 0. The Labute approximate surface area is 107 Å². The van der Waals surface area contributed by atoms with Crippen molar-refractivity contribution in [2.45, 2.75) is 40.0 Å². The van der Waals surface area contributed by atoms with E-state index in [1.54, 1.807) is 18.7 Å². The maximum atomic E-state index is 11.9. The van der Waals surface area contributed by atoms with Gasteiger partial charge in [-0.15, -0.1) is 0 Å². The summed E-state index contributed by atoms with van der Waals surface area (Å²) in [7, 11) is 0. The summed E-state index contributed by atoms with van der Waals surface area (Å²) >= 11 is 1.64. The molecule has 0 aliphatic heterocycles. The smallest absolute Gasteiger partial charge is 0.323 e. The molecule has 0 aromatic rings. The van der Waals surface area contributed by atoms with E-state index < -0.39 is 17.4 Å². The highest BCUT2D eigenvalue weighted by atomic mass is 32.2. The second-order valence-electron chi connectivity index (χ2n) is 3.80. The molecule has 1 unspecified atom stereocenters. The Morgan fingerprint density at radius 2 is 1.88 bits per heavy atom. The monoisotopic (exact) mass is 262 g/mol. The Morgan fingerprint density at radius 3 is 2.29 bits per heavy atom. The zero-order chi connectivity index (χ0) is 13.3. The van der Waals surface area contributed by atoms with Gasteiger partial charge in [-0.3, -0.25) is 9.59 Å². The van der Waals surface area contributed by atoms with E-state index in [-0.39, 0.29) is 6.61 Å². The predicted molar refractivity (Wildman–Crippen MR) is 69.2 cm³/mol. The van der Waals surface area contributed by atoms with E-state index in [2.05, 4.69) is 0 Å². The van der Waals surface area contributed by atoms with Crippen LogP contribution in [0.15, 0.2) is 0 Å². The molecule has 0 rings (SSSR count). The Bertz CT molecular complexity index is 255. The van der Waals surface area contributed by atoms with Crippen LogP contribution in [-0.2, 0) is 14.3 Å². The highest BCUT2D eigenvalue weighted by Crippen LogP contribution is 2.32. The summed E-state index contributed by atoms with van der Waals surface area (Å²) in [4.78, 5) is 23.3. The quantitative estimate of drug-likeness (QED) is 0.393. The van der Waals surface area contributed by atoms with Crippen molar-refractivity contribution < 1.29 is 19.4 Å². The third-order valence-corrected chi connectivity index (χ3v) is 3.53. The van der Waals surface area contributed by atoms with Crippen LogP contribution < -0.4 is 0 Å². The maximum Gasteiger partial charge on any atom is 0.323 e. The number of rotatable bonds is 9. The van der Waals surface area contributed by atoms with Gasteiger partial charge < -0.3 is 9.84 Å². The van der Waals surface area contributed by atoms with Gasteiger partial charge in [-0.2, -0.15) is 11.8 Å². The van der Waals surface area contributed by atoms with Crippen LogP contribution in [0.5, 0.6) is 0 Å². The number of hydrogen-bond acceptors (Lipinski definition) is 4. The number of aliphatic carboxylic acids is 1. The number of carboxylic acids is 1. The van der Waals surface area contributed by atoms with Crippen LogP contribution in [0.4, 0.5) is 0 Å². The topological polar surface area (TPSA) is 63.6 Å². The summed E-state index contributed by atoms with van der Waals surface area (Å²) in [6.45, 7) is 5.80. The molecule has 4 nitrogen and oxygen atoms in total. The van der Waals surface area contributed by atoms with E-state index in [1.165, 1.54) is 0 Å². The molecule has 0 saturated carbocycles. The van der Waals surface area contributed by atoms with E-state index in [4.69, 9.17) is 4.74 Å². The molecule has 100 valence electrons. The summed E-state index contributed by atoms with van der Waals surface area (Å²) in [5.74, 6) is -0.0627. The minimum absolute atomic E-state index is 0.221. The number of hydrogen-bond donors (Lipinski definition) is 1. The Balaban J connectivity index is 4.84. The average molecular weight is 262 g/mol. The summed E-state index contributed by atoms with van der Waals surface area (Å²) in [5, 5.41) is 9.34. The van der Waals surface area contributed by atoms with E-state index in [9.17, 15) is 14.7 Å². The summed E-state index contributed by atoms with van der Waals surface area (Å²) in [5.41, 5.74) is -1.35. The second kappa shape index (κ2) is 8.39. The van der Waals surface area contributed by atoms with Crippen molar-refractivity contribution in [3.8, 4) is 0 Å². The van der Waals surface area contributed by atoms with Crippen molar-refractivity contribution in [2.75, 3.05) is 18.1 Å². The van der Waals surface area contributed by atoms with Crippen LogP contribution in [0.2, 0.25) is 0 Å². The van der Waals surface area contributed by atoms with Crippen LogP contribution in [-0.4, -0.2) is 35.2 Å². The fourth-order valence-corrected chi connectivity index (χ4v) is 2.50. The van der Waals surface area contributed by atoms with E-state index >= 15 is 0 Å². The van der Waals surface area contributed by atoms with Gasteiger partial charge in [0.1, 0.15) is 0 Å². The molecule has 17 heavy (non-hydrogen) atoms. The first kappa shape index (κ1) is 16.3. The number of ether oxygens (including phenoxy) is 1. The lowest BCUT2D eigenvalue weighted by atomic mass is 9.81. The van der Waals surface area contributed by atoms with Crippen LogP contribution in [0.25, 0.3) is 0 Å². The first-order chi connectivity index (χ1) is 8.05. The number of thioether (sulfide) groups is 1. The molecule has 0 bridgehead atoms. The standard InChI is InChI=1S/C12H22O4S/c1-4-7-12(10(13)14,8-9-17-6-3)11(15)16-5-2/h4-9H2,1-3H3,(H,13,14). The van der Waals surface area contributed by atoms with Gasteiger partial charge in [-0.1, -0.05) is 20.3 Å². The molecular formula is C12H22O4S. The highest BCUT2D eigenvalue weighted by molar-refractivity contribution is 7.99. The largest absolute Gasteiger partial charge is 0.480 e. The minimum atomic E-state index is -1.35. The van der Waals surface area contributed by atoms with Crippen molar-refractivity contribution in [2.24, 2.45) is 5.41 Å². The minimum Gasteiger partial charge on any atom is -0.480 e. The zero-order valence-corrected chi connectivity index (χ0v) is 11.6. The summed E-state index contributed by atoms with van der Waals surface area (Å²) in [6.07, 6.45) is 1.33. The molecule has 1 N–H and O–H groups in total. The molecule has 0 aliphatic carbocycles. The predicted octanol–water partition coefficient (Wildman–Crippen LogP) is 2.56. The molecule has 0 radical (unpaired) electrons. The van der Waals surface area contributed by atoms with Gasteiger partial charge in [0.25, 0.3) is 0 Å². The molecule has 0 aliphatic rings. The maximum absolute atomic E-state index is 11.9. The lowest BCUT2D eigenvalue weighted by molar-refractivity contribution is -0.169. The molecule has 0 aromatic heterocycles. The van der Waals surface area contributed by atoms with Gasteiger partial charge in [0.15, 0.2) is 5.41 Å². The van der Waals surface area contributed by atoms with Gasteiger partial charge in [0.05, 0.1) is 6.61 Å². The van der Waals surface area contributed by atoms with Gasteiger partial charge in [-0.25, -0.2) is 0 Å². The van der Waals surface area contributed by atoms with Crippen molar-refractivity contribution in [3.05, 3.63) is 0 Å². The summed E-state index contributed by atoms with van der Waals surface area (Å²) < 4.78 is 4.92. The van der Waals surface area contributed by atoms with Crippen LogP contribution in [0.1, 0.15) is 40.0 Å². The number of esters is 1. The molecule has 1 atom stereocenters. The highest BCUT2D eigenvalue weighted by Gasteiger charge is 2.46. The lowest BCUT2D eigenvalue weighted by Gasteiger charge is -2.26. The molecule has 0 spiro atoms. The van der Waals surface area contributed by atoms with Crippen molar-refractivity contribution in [3.63, 3.8) is 0 Å². The molecule has 0 heterocycles. The SMILES string of the molecule is CCCC(CCSCC)(C(=O)O)C(=O)OCC. The van der Waals surface area contributed by atoms with E-state index in [0.29, 0.717) is 25.0 Å². The first-order valence-corrected chi connectivity index (χ1v) is 7.19. The fraction of sp³-hybridized carbons (Fsp3) is 0.833. The Kier molecular flexibility index (Phi) is 8.04. The van der Waals surface area contributed by atoms with Crippen molar-refractivity contribution in [1.82, 2.24) is 0 Å². The number of carbonyl (C=O) groups excluding carboxylic acids is 1. The lowest BCUT2D eigenvalue weighted by Crippen LogP contribution is -2.41. The number of carboxylic acid groups (broad SMARTS) is 1. The van der Waals surface area contributed by atoms with Crippen molar-refractivity contribution in [1.29, 1.82) is 0 Å². The first-order valence-electron chi connectivity index (χ1n) is 6.03. The fourth-order valence-electron chi connectivity index (χ4n) is 1.72. The average Bonchev–Trinajstić information content (AvgIpc) is 2.28. The third-order valence-electron chi connectivity index (χ3n) is 2.63. The van der Waals surface area contributed by atoms with Crippen LogP contribution >= 0.6 is 11.8 Å². The zero-order valence-electron chi connectivity index (χ0n) is 10.8. The van der Waals surface area contributed by atoms with E-state index in [0.717, 1.165) is 5.75 Å². The molecule has 0 aromatic carbocycles. The van der Waals surface area contributed by atoms with Gasteiger partial charge in [-0.05, 0) is 31.3 Å². The number of carbonyl (C=O) groups is 2.